The van der Waals surface area contributed by atoms with Crippen molar-refractivity contribution in [3.63, 3.8) is 0 Å². The first kappa shape index (κ1) is 15.9. The maximum atomic E-state index is 12.7. The first-order chi connectivity index (χ1) is 6.37. The molecule has 0 unspecified atom stereocenters. The summed E-state index contributed by atoms with van der Waals surface area (Å²) in [5.74, 6) is -0.792. The zero-order valence-corrected chi connectivity index (χ0v) is 12.5. The van der Waals surface area contributed by atoms with E-state index >= 15 is 0 Å². The molecule has 15 heavy (non-hydrogen) atoms. The van der Waals surface area contributed by atoms with Crippen LogP contribution in [0.2, 0.25) is 0 Å². The summed E-state index contributed by atoms with van der Waals surface area (Å²) in [5.41, 5.74) is 0. The van der Waals surface area contributed by atoms with Crippen LogP contribution in [0.1, 0.15) is 0 Å². The zero-order valence-electron chi connectivity index (χ0n) is 7.81. The number of hydrogen-bond acceptors (Lipinski definition) is 1. The molecule has 0 saturated carbocycles. The van der Waals surface area contributed by atoms with Gasteiger partial charge in [-0.3, -0.25) is 0 Å². The molecule has 0 aliphatic rings. The molecule has 0 fully saturated rings. The van der Waals surface area contributed by atoms with Crippen LogP contribution in [0.3, 0.4) is 0 Å². The fraction of sp³-hybridized carbons (Fsp3) is 0.143. The Labute approximate surface area is 135 Å². The van der Waals surface area contributed by atoms with Crippen LogP contribution in [0.25, 0.3) is 0 Å². The molecule has 1 aromatic rings. The van der Waals surface area contributed by atoms with E-state index in [0.717, 1.165) is 12.1 Å². The van der Waals surface area contributed by atoms with Gasteiger partial charge in [0.15, 0.2) is 0 Å². The molecule has 0 aliphatic heterocycles. The Morgan fingerprint density at radius 2 is 1.80 bits per heavy atom. The van der Waals surface area contributed by atoms with E-state index in [0.29, 0.717) is 4.47 Å². The van der Waals surface area contributed by atoms with Crippen LogP contribution in [-0.4, -0.2) is 13.5 Å². The van der Waals surface area contributed by atoms with Gasteiger partial charge in [-0.1, -0.05) is 15.9 Å². The molecule has 0 atom stereocenters. The van der Waals surface area contributed by atoms with Crippen molar-refractivity contribution < 1.29 is 73.5 Å². The molecular formula is C7H5BBrF4KO. The Morgan fingerprint density at radius 3 is 2.27 bits per heavy atom. The molecule has 1 aromatic carbocycles. The molecule has 78 valence electrons. The summed E-state index contributed by atoms with van der Waals surface area (Å²) in [6.07, 6.45) is 0. The topological polar surface area (TPSA) is 9.23 Å². The summed E-state index contributed by atoms with van der Waals surface area (Å²) in [6.45, 7) is -6.38. The Morgan fingerprint density at radius 1 is 1.20 bits per heavy atom. The largest absolute Gasteiger partial charge is 1.00 e. The minimum absolute atomic E-state index is 0. The molecule has 0 radical (unpaired) electrons. The molecular weight excluding hydrogens is 306 g/mol. The van der Waals surface area contributed by atoms with Crippen molar-refractivity contribution in [3.8, 4) is 5.75 Å². The SMILES string of the molecule is Fc1cc(Br)cc(OC[B-](F)(F)F)c1.[K+]. The van der Waals surface area contributed by atoms with Crippen molar-refractivity contribution >= 4 is 22.9 Å². The van der Waals surface area contributed by atoms with E-state index in [1.54, 1.807) is 0 Å². The van der Waals surface area contributed by atoms with E-state index in [9.17, 15) is 17.3 Å². The second kappa shape index (κ2) is 6.61. The van der Waals surface area contributed by atoms with E-state index in [4.69, 9.17) is 0 Å². The van der Waals surface area contributed by atoms with Gasteiger partial charge in [0, 0.05) is 10.5 Å². The van der Waals surface area contributed by atoms with Crippen LogP contribution in [-0.2, 0) is 0 Å². The molecule has 0 aromatic heterocycles. The van der Waals surface area contributed by atoms with Crippen molar-refractivity contribution in [2.24, 2.45) is 0 Å². The molecule has 0 bridgehead atoms. The average molecular weight is 311 g/mol. The summed E-state index contributed by atoms with van der Waals surface area (Å²) in [4.78, 5) is 0. The predicted molar refractivity (Wildman–Crippen MR) is 48.7 cm³/mol. The Bertz CT molecular complexity index is 313. The van der Waals surface area contributed by atoms with Gasteiger partial charge >= 0.3 is 58.4 Å². The van der Waals surface area contributed by atoms with Crippen LogP contribution < -0.4 is 56.1 Å². The van der Waals surface area contributed by atoms with Gasteiger partial charge in [0.1, 0.15) is 11.6 Å². The van der Waals surface area contributed by atoms with E-state index in [1.165, 1.54) is 6.07 Å². The van der Waals surface area contributed by atoms with E-state index in [-0.39, 0.29) is 57.1 Å². The molecule has 0 saturated heterocycles. The Kier molecular flexibility index (Phi) is 7.01. The third-order valence-electron chi connectivity index (χ3n) is 1.28. The molecule has 1 rings (SSSR count). The monoisotopic (exact) mass is 310 g/mol. The van der Waals surface area contributed by atoms with E-state index in [2.05, 4.69) is 20.7 Å². The van der Waals surface area contributed by atoms with Crippen molar-refractivity contribution in [3.05, 3.63) is 28.5 Å². The van der Waals surface area contributed by atoms with Gasteiger partial charge in [-0.15, -0.1) is 0 Å². The first-order valence-electron chi connectivity index (χ1n) is 3.67. The molecule has 8 heteroatoms. The van der Waals surface area contributed by atoms with Gasteiger partial charge in [0.2, 0.25) is 0 Å². The second-order valence-corrected chi connectivity index (χ2v) is 3.54. The van der Waals surface area contributed by atoms with Gasteiger partial charge in [-0.2, -0.15) is 0 Å². The maximum Gasteiger partial charge on any atom is 1.00 e. The Balaban J connectivity index is 0.00000196. The molecule has 0 spiro atoms. The smallest absolute Gasteiger partial charge is 0.522 e. The third kappa shape index (κ3) is 6.96. The summed E-state index contributed by atoms with van der Waals surface area (Å²) in [5, 5.41) is 0. The van der Waals surface area contributed by atoms with Gasteiger partial charge in [0.05, 0.1) is 6.51 Å². The minimum atomic E-state index is -5.01. The second-order valence-electron chi connectivity index (χ2n) is 2.63. The van der Waals surface area contributed by atoms with Gasteiger partial charge < -0.3 is 17.7 Å². The number of benzene rings is 1. The van der Waals surface area contributed by atoms with Crippen molar-refractivity contribution in [1.29, 1.82) is 0 Å². The molecule has 1 nitrogen and oxygen atoms in total. The number of hydrogen-bond donors (Lipinski definition) is 0. The van der Waals surface area contributed by atoms with E-state index < -0.39 is 19.3 Å². The quantitative estimate of drug-likeness (QED) is 0.578. The molecule has 0 heterocycles. The normalized spacial score (nSPS) is 10.7. The number of halogens is 5. The Hall–Kier alpha value is 0.921. The first-order valence-corrected chi connectivity index (χ1v) is 4.46. The number of rotatable bonds is 3. The van der Waals surface area contributed by atoms with Crippen molar-refractivity contribution in [2.45, 2.75) is 0 Å². The zero-order chi connectivity index (χ0) is 10.8. The summed E-state index contributed by atoms with van der Waals surface area (Å²) >= 11 is 2.94. The summed E-state index contributed by atoms with van der Waals surface area (Å²) in [7, 11) is 0. The number of ether oxygens (including phenoxy) is 1. The fourth-order valence-corrected chi connectivity index (χ4v) is 1.25. The van der Waals surface area contributed by atoms with Crippen LogP contribution >= 0.6 is 15.9 Å². The van der Waals surface area contributed by atoms with Gasteiger partial charge in [-0.25, -0.2) is 4.39 Å². The van der Waals surface area contributed by atoms with E-state index in [1.807, 2.05) is 0 Å². The third-order valence-corrected chi connectivity index (χ3v) is 1.73. The summed E-state index contributed by atoms with van der Waals surface area (Å²) in [6, 6.07) is 3.29. The van der Waals surface area contributed by atoms with Crippen LogP contribution in [0, 0.1) is 5.82 Å². The van der Waals surface area contributed by atoms with Crippen molar-refractivity contribution in [2.75, 3.05) is 6.51 Å². The predicted octanol–water partition coefficient (Wildman–Crippen LogP) is 0.358. The molecule has 0 aliphatic carbocycles. The van der Waals surface area contributed by atoms with Gasteiger partial charge in [0.25, 0.3) is 0 Å². The van der Waals surface area contributed by atoms with Crippen LogP contribution in [0.4, 0.5) is 17.3 Å². The maximum absolute atomic E-state index is 12.7. The molecule has 0 N–H and O–H groups in total. The van der Waals surface area contributed by atoms with Crippen LogP contribution in [0.15, 0.2) is 22.7 Å². The van der Waals surface area contributed by atoms with Crippen molar-refractivity contribution in [1.82, 2.24) is 0 Å². The summed E-state index contributed by atoms with van der Waals surface area (Å²) < 4.78 is 52.7. The average Bonchev–Trinajstić information content (AvgIpc) is 1.97. The fourth-order valence-electron chi connectivity index (χ4n) is 0.803. The minimum Gasteiger partial charge on any atom is -0.522 e. The van der Waals surface area contributed by atoms with Gasteiger partial charge in [-0.05, 0) is 12.1 Å². The van der Waals surface area contributed by atoms with Crippen LogP contribution in [0.5, 0.6) is 5.75 Å². The standard InChI is InChI=1S/C7H5BBrF4O.K/c9-5-1-6(10)3-7(2-5)14-4-8(11,12)13;/h1-3H,4H2;/q-1;+1. The molecule has 0 amide bonds.